The summed E-state index contributed by atoms with van der Waals surface area (Å²) in [6.45, 7) is 5.70. The first-order chi connectivity index (χ1) is 7.63. The van der Waals surface area contributed by atoms with Crippen molar-refractivity contribution < 1.29 is 9.50 Å². The van der Waals surface area contributed by atoms with Crippen LogP contribution in [0.3, 0.4) is 0 Å². The van der Waals surface area contributed by atoms with Gasteiger partial charge >= 0.3 is 0 Å². The Morgan fingerprint density at radius 3 is 3.00 bits per heavy atom. The second kappa shape index (κ2) is 4.80. The molecule has 0 bridgehead atoms. The summed E-state index contributed by atoms with van der Waals surface area (Å²) in [6.07, 6.45) is 0. The molecule has 1 saturated heterocycles. The lowest BCUT2D eigenvalue weighted by Crippen LogP contribution is -2.48. The summed E-state index contributed by atoms with van der Waals surface area (Å²) in [7, 11) is 0. The molecule has 2 rings (SSSR count). The van der Waals surface area contributed by atoms with Gasteiger partial charge in [0, 0.05) is 38.3 Å². The number of nitrogens with one attached hydrogen (secondary N) is 1. The second-order valence-electron chi connectivity index (χ2n) is 4.41. The average molecular weight is 224 g/mol. The van der Waals surface area contributed by atoms with Crippen LogP contribution in [0.4, 0.5) is 4.39 Å². The molecule has 16 heavy (non-hydrogen) atoms. The van der Waals surface area contributed by atoms with E-state index in [2.05, 4.69) is 17.1 Å². The van der Waals surface area contributed by atoms with Gasteiger partial charge in [0.1, 0.15) is 11.6 Å². The van der Waals surface area contributed by atoms with E-state index in [1.54, 1.807) is 6.07 Å². The molecule has 1 heterocycles. The van der Waals surface area contributed by atoms with Crippen molar-refractivity contribution in [3.05, 3.63) is 29.6 Å². The normalized spacial score (nSPS) is 22.2. The Morgan fingerprint density at radius 1 is 1.50 bits per heavy atom. The smallest absolute Gasteiger partial charge is 0.127 e. The fourth-order valence-electron chi connectivity index (χ4n) is 2.14. The Bertz CT molecular complexity index is 350. The number of hydrogen-bond donors (Lipinski definition) is 2. The molecule has 2 N–H and O–H groups in total. The monoisotopic (exact) mass is 224 g/mol. The third-order valence-electron chi connectivity index (χ3n) is 2.80. The Morgan fingerprint density at radius 2 is 2.31 bits per heavy atom. The van der Waals surface area contributed by atoms with Gasteiger partial charge in [0.25, 0.3) is 0 Å². The number of nitrogens with zero attached hydrogens (tertiary/aromatic N) is 1. The van der Waals surface area contributed by atoms with E-state index in [0.717, 1.165) is 31.3 Å². The molecule has 3 nitrogen and oxygen atoms in total. The first kappa shape index (κ1) is 11.4. The van der Waals surface area contributed by atoms with Crippen molar-refractivity contribution >= 4 is 0 Å². The summed E-state index contributed by atoms with van der Waals surface area (Å²) in [4.78, 5) is 2.26. The van der Waals surface area contributed by atoms with Crippen LogP contribution in [0.15, 0.2) is 18.2 Å². The third kappa shape index (κ3) is 2.93. The number of phenolic OH excluding ortho intramolecular Hbond substituents is 1. The summed E-state index contributed by atoms with van der Waals surface area (Å²) >= 11 is 0. The van der Waals surface area contributed by atoms with Gasteiger partial charge in [-0.25, -0.2) is 4.39 Å². The van der Waals surface area contributed by atoms with Gasteiger partial charge in [0.2, 0.25) is 0 Å². The molecule has 1 aromatic carbocycles. The summed E-state index contributed by atoms with van der Waals surface area (Å²) in [5.74, 6) is -0.378. The lowest BCUT2D eigenvalue weighted by molar-refractivity contribution is 0.199. The summed E-state index contributed by atoms with van der Waals surface area (Å²) < 4.78 is 13.1. The molecule has 0 saturated carbocycles. The minimum Gasteiger partial charge on any atom is -0.508 e. The van der Waals surface area contributed by atoms with Crippen molar-refractivity contribution in [3.8, 4) is 5.75 Å². The zero-order valence-corrected chi connectivity index (χ0v) is 9.41. The zero-order valence-electron chi connectivity index (χ0n) is 9.41. The molecule has 4 heteroatoms. The van der Waals surface area contributed by atoms with Crippen LogP contribution in [-0.2, 0) is 6.54 Å². The van der Waals surface area contributed by atoms with Gasteiger partial charge < -0.3 is 10.4 Å². The number of benzene rings is 1. The SMILES string of the molecule is C[C@@H]1CN(Cc2cc(O)cc(F)c2)CCN1. The summed E-state index contributed by atoms with van der Waals surface area (Å²) in [5.41, 5.74) is 0.826. The minimum atomic E-state index is -0.377. The fourth-order valence-corrected chi connectivity index (χ4v) is 2.14. The number of hydrogen-bond acceptors (Lipinski definition) is 3. The van der Waals surface area contributed by atoms with Crippen LogP contribution >= 0.6 is 0 Å². The molecule has 1 aliphatic rings. The Balaban J connectivity index is 2.02. The molecule has 0 unspecified atom stereocenters. The van der Waals surface area contributed by atoms with Gasteiger partial charge in [-0.05, 0) is 24.6 Å². The van der Waals surface area contributed by atoms with Gasteiger partial charge in [-0.3, -0.25) is 4.90 Å². The van der Waals surface area contributed by atoms with E-state index in [4.69, 9.17) is 0 Å². The number of halogens is 1. The van der Waals surface area contributed by atoms with E-state index in [9.17, 15) is 9.50 Å². The lowest BCUT2D eigenvalue weighted by atomic mass is 10.1. The van der Waals surface area contributed by atoms with Crippen molar-refractivity contribution in [1.82, 2.24) is 10.2 Å². The maximum atomic E-state index is 13.1. The predicted octanol–water partition coefficient (Wildman–Crippen LogP) is 1.32. The molecular formula is C12H17FN2O. The number of piperazine rings is 1. The highest BCUT2D eigenvalue weighted by molar-refractivity contribution is 5.28. The molecule has 0 radical (unpaired) electrons. The molecule has 1 aromatic rings. The highest BCUT2D eigenvalue weighted by Gasteiger charge is 2.15. The van der Waals surface area contributed by atoms with E-state index < -0.39 is 0 Å². The van der Waals surface area contributed by atoms with Gasteiger partial charge in [0.05, 0.1) is 0 Å². The quantitative estimate of drug-likeness (QED) is 0.795. The standard InChI is InChI=1S/C12H17FN2O/c1-9-7-15(3-2-14-9)8-10-4-11(13)6-12(16)5-10/h4-6,9,14,16H,2-3,7-8H2,1H3/t9-/m1/s1. The summed E-state index contributed by atoms with van der Waals surface area (Å²) in [5, 5.41) is 12.7. The Kier molecular flexibility index (Phi) is 3.41. The van der Waals surface area contributed by atoms with Crippen LogP contribution in [0.25, 0.3) is 0 Å². The van der Waals surface area contributed by atoms with Crippen LogP contribution in [0.2, 0.25) is 0 Å². The number of aromatic hydroxyl groups is 1. The van der Waals surface area contributed by atoms with E-state index in [-0.39, 0.29) is 11.6 Å². The molecule has 0 amide bonds. The van der Waals surface area contributed by atoms with Gasteiger partial charge in [-0.15, -0.1) is 0 Å². The molecule has 1 fully saturated rings. The largest absolute Gasteiger partial charge is 0.508 e. The van der Waals surface area contributed by atoms with Crippen molar-refractivity contribution in [1.29, 1.82) is 0 Å². The average Bonchev–Trinajstić information content (AvgIpc) is 2.15. The second-order valence-corrected chi connectivity index (χ2v) is 4.41. The van der Waals surface area contributed by atoms with Gasteiger partial charge in [-0.2, -0.15) is 0 Å². The van der Waals surface area contributed by atoms with E-state index in [1.807, 2.05) is 0 Å². The number of rotatable bonds is 2. The maximum Gasteiger partial charge on any atom is 0.127 e. The van der Waals surface area contributed by atoms with Crippen LogP contribution in [0.1, 0.15) is 12.5 Å². The molecule has 1 aliphatic heterocycles. The highest BCUT2D eigenvalue weighted by Crippen LogP contribution is 2.16. The van der Waals surface area contributed by atoms with Gasteiger partial charge in [0.15, 0.2) is 0 Å². The van der Waals surface area contributed by atoms with Crippen molar-refractivity contribution in [3.63, 3.8) is 0 Å². The topological polar surface area (TPSA) is 35.5 Å². The summed E-state index contributed by atoms with van der Waals surface area (Å²) in [6, 6.07) is 4.70. The third-order valence-corrected chi connectivity index (χ3v) is 2.80. The van der Waals surface area contributed by atoms with Crippen LogP contribution in [-0.4, -0.2) is 35.7 Å². The minimum absolute atomic E-state index is 0.00168. The van der Waals surface area contributed by atoms with E-state index >= 15 is 0 Å². The highest BCUT2D eigenvalue weighted by atomic mass is 19.1. The van der Waals surface area contributed by atoms with Gasteiger partial charge in [-0.1, -0.05) is 0 Å². The molecule has 0 aromatic heterocycles. The Labute approximate surface area is 94.9 Å². The Hall–Kier alpha value is -1.13. The van der Waals surface area contributed by atoms with Crippen molar-refractivity contribution in [2.24, 2.45) is 0 Å². The lowest BCUT2D eigenvalue weighted by Gasteiger charge is -2.31. The van der Waals surface area contributed by atoms with Crippen LogP contribution in [0.5, 0.6) is 5.75 Å². The molecule has 0 spiro atoms. The molecule has 0 aliphatic carbocycles. The van der Waals surface area contributed by atoms with Crippen molar-refractivity contribution in [2.45, 2.75) is 19.5 Å². The maximum absolute atomic E-state index is 13.1. The van der Waals surface area contributed by atoms with E-state index in [0.29, 0.717) is 12.6 Å². The van der Waals surface area contributed by atoms with Crippen molar-refractivity contribution in [2.75, 3.05) is 19.6 Å². The first-order valence-corrected chi connectivity index (χ1v) is 5.57. The number of phenols is 1. The first-order valence-electron chi connectivity index (χ1n) is 5.57. The van der Waals surface area contributed by atoms with Crippen LogP contribution < -0.4 is 5.32 Å². The molecule has 1 atom stereocenters. The van der Waals surface area contributed by atoms with E-state index in [1.165, 1.54) is 6.07 Å². The fraction of sp³-hybridized carbons (Fsp3) is 0.500. The predicted molar refractivity (Wildman–Crippen MR) is 60.8 cm³/mol. The molecule has 88 valence electrons. The molecular weight excluding hydrogens is 207 g/mol. The van der Waals surface area contributed by atoms with Crippen LogP contribution in [0, 0.1) is 5.82 Å². The zero-order chi connectivity index (χ0) is 11.5.